The van der Waals surface area contributed by atoms with E-state index >= 15 is 0 Å². The highest BCUT2D eigenvalue weighted by Crippen LogP contribution is 2.29. The number of nitrogens with one attached hydrogen (secondary N) is 1. The third-order valence-corrected chi connectivity index (χ3v) is 6.73. The Bertz CT molecular complexity index is 1350. The maximum atomic E-state index is 12.4. The van der Waals surface area contributed by atoms with Gasteiger partial charge in [0.05, 0.1) is 19.3 Å². The van der Waals surface area contributed by atoms with Gasteiger partial charge in [0.2, 0.25) is 0 Å². The van der Waals surface area contributed by atoms with Gasteiger partial charge >= 0.3 is 0 Å². The number of aryl methyl sites for hydroxylation is 1. The second-order valence-electron chi connectivity index (χ2n) is 7.82. The number of ether oxygens (including phenoxy) is 2. The summed E-state index contributed by atoms with van der Waals surface area (Å²) < 4.78 is 12.8. The minimum Gasteiger partial charge on any atom is -0.497 e. The highest BCUT2D eigenvalue weighted by molar-refractivity contribution is 7.98. The van der Waals surface area contributed by atoms with E-state index in [0.29, 0.717) is 32.5 Å². The number of carbonyl (C=O) groups excluding carboxylic acids is 1. The third kappa shape index (κ3) is 6.72. The SMILES string of the molecule is COc1cccc(CSc2nnc(CNC(=O)COc3ccc(Cl)cc3)n2-c2cc(Cl)ccc2C)c1. The molecule has 1 aromatic heterocycles. The first-order valence-electron chi connectivity index (χ1n) is 11.0. The predicted molar refractivity (Wildman–Crippen MR) is 142 cm³/mol. The van der Waals surface area contributed by atoms with E-state index in [9.17, 15) is 4.79 Å². The van der Waals surface area contributed by atoms with Crippen molar-refractivity contribution in [1.29, 1.82) is 0 Å². The Hall–Kier alpha value is -3.20. The molecule has 1 amide bonds. The minimum atomic E-state index is -0.284. The summed E-state index contributed by atoms with van der Waals surface area (Å²) in [4.78, 5) is 12.4. The first-order valence-corrected chi connectivity index (χ1v) is 12.8. The largest absolute Gasteiger partial charge is 0.497 e. The number of thioether (sulfide) groups is 1. The van der Waals surface area contributed by atoms with Crippen molar-refractivity contribution in [3.05, 3.63) is 93.7 Å². The first-order chi connectivity index (χ1) is 17.4. The van der Waals surface area contributed by atoms with Gasteiger partial charge < -0.3 is 14.8 Å². The first kappa shape index (κ1) is 25.9. The molecule has 10 heteroatoms. The Labute approximate surface area is 223 Å². The summed E-state index contributed by atoms with van der Waals surface area (Å²) in [7, 11) is 1.64. The highest BCUT2D eigenvalue weighted by atomic mass is 35.5. The number of aromatic nitrogens is 3. The van der Waals surface area contributed by atoms with Gasteiger partial charge in [-0.3, -0.25) is 9.36 Å². The lowest BCUT2D eigenvalue weighted by Crippen LogP contribution is -2.29. The molecule has 0 radical (unpaired) electrons. The average Bonchev–Trinajstić information content (AvgIpc) is 3.30. The maximum Gasteiger partial charge on any atom is 0.258 e. The minimum absolute atomic E-state index is 0.136. The molecule has 4 rings (SSSR count). The van der Waals surface area contributed by atoms with Crippen LogP contribution in [0.15, 0.2) is 71.9 Å². The molecule has 0 aliphatic rings. The Morgan fingerprint density at radius 2 is 1.78 bits per heavy atom. The average molecular weight is 543 g/mol. The Morgan fingerprint density at radius 3 is 2.56 bits per heavy atom. The highest BCUT2D eigenvalue weighted by Gasteiger charge is 2.18. The van der Waals surface area contributed by atoms with E-state index in [-0.39, 0.29) is 19.1 Å². The van der Waals surface area contributed by atoms with Crippen molar-refractivity contribution in [3.63, 3.8) is 0 Å². The standard InChI is InChI=1S/C26H24Cl2N4O3S/c1-17-6-7-20(28)13-23(17)32-24(14-29-25(33)15-35-21-10-8-19(27)9-11-21)30-31-26(32)36-16-18-4-3-5-22(12-18)34-2/h3-13H,14-16H2,1-2H3,(H,29,33). The van der Waals surface area contributed by atoms with Crippen molar-refractivity contribution < 1.29 is 14.3 Å². The van der Waals surface area contributed by atoms with Crippen LogP contribution in [-0.2, 0) is 17.1 Å². The van der Waals surface area contributed by atoms with Crippen molar-refractivity contribution in [2.24, 2.45) is 0 Å². The van der Waals surface area contributed by atoms with Gasteiger partial charge in [-0.15, -0.1) is 10.2 Å². The van der Waals surface area contributed by atoms with Crippen LogP contribution in [-0.4, -0.2) is 34.4 Å². The van der Waals surface area contributed by atoms with Crippen LogP contribution < -0.4 is 14.8 Å². The van der Waals surface area contributed by atoms with Gasteiger partial charge in [0.1, 0.15) is 11.5 Å². The normalized spacial score (nSPS) is 10.8. The van der Waals surface area contributed by atoms with E-state index in [0.717, 1.165) is 22.6 Å². The fourth-order valence-electron chi connectivity index (χ4n) is 3.39. The number of benzene rings is 3. The number of rotatable bonds is 10. The number of carbonyl (C=O) groups is 1. The Kier molecular flexibility index (Phi) is 8.74. The molecule has 36 heavy (non-hydrogen) atoms. The fourth-order valence-corrected chi connectivity index (χ4v) is 4.59. The third-order valence-electron chi connectivity index (χ3n) is 5.24. The van der Waals surface area contributed by atoms with Crippen molar-refractivity contribution in [2.75, 3.05) is 13.7 Å². The molecule has 7 nitrogen and oxygen atoms in total. The summed E-state index contributed by atoms with van der Waals surface area (Å²) in [5.41, 5.74) is 2.94. The van der Waals surface area contributed by atoms with Gasteiger partial charge in [-0.05, 0) is 66.6 Å². The second kappa shape index (κ2) is 12.2. The van der Waals surface area contributed by atoms with Crippen LogP contribution in [0.3, 0.4) is 0 Å². The monoisotopic (exact) mass is 542 g/mol. The van der Waals surface area contributed by atoms with Crippen LogP contribution >= 0.6 is 35.0 Å². The number of hydrogen-bond donors (Lipinski definition) is 1. The zero-order chi connectivity index (χ0) is 25.5. The van der Waals surface area contributed by atoms with E-state index in [4.69, 9.17) is 32.7 Å². The van der Waals surface area contributed by atoms with Crippen LogP contribution in [0.4, 0.5) is 0 Å². The summed E-state index contributed by atoms with van der Waals surface area (Å²) >= 11 is 13.7. The number of amides is 1. The molecule has 1 heterocycles. The molecular weight excluding hydrogens is 519 g/mol. The number of hydrogen-bond acceptors (Lipinski definition) is 6. The molecule has 0 aliphatic carbocycles. The van der Waals surface area contributed by atoms with E-state index in [1.165, 1.54) is 11.8 Å². The van der Waals surface area contributed by atoms with Gasteiger partial charge in [0.25, 0.3) is 5.91 Å². The van der Waals surface area contributed by atoms with E-state index in [2.05, 4.69) is 15.5 Å². The lowest BCUT2D eigenvalue weighted by molar-refractivity contribution is -0.123. The van der Waals surface area contributed by atoms with Crippen LogP contribution in [0.25, 0.3) is 5.69 Å². The Morgan fingerprint density at radius 1 is 1.00 bits per heavy atom. The summed E-state index contributed by atoms with van der Waals surface area (Å²) in [5.74, 6) is 2.31. The van der Waals surface area contributed by atoms with Gasteiger partial charge in [-0.2, -0.15) is 0 Å². The molecule has 0 saturated carbocycles. The number of methoxy groups -OCH3 is 1. The lowest BCUT2D eigenvalue weighted by Gasteiger charge is -2.14. The van der Waals surface area contributed by atoms with Crippen LogP contribution in [0.1, 0.15) is 17.0 Å². The lowest BCUT2D eigenvalue weighted by atomic mass is 10.2. The summed E-state index contributed by atoms with van der Waals surface area (Å²) in [6.07, 6.45) is 0. The molecule has 0 unspecified atom stereocenters. The molecule has 0 aliphatic heterocycles. The van der Waals surface area contributed by atoms with Crippen molar-refractivity contribution in [1.82, 2.24) is 20.1 Å². The molecule has 0 atom stereocenters. The number of halogens is 2. The smallest absolute Gasteiger partial charge is 0.258 e. The van der Waals surface area contributed by atoms with E-state index in [1.807, 2.05) is 54.0 Å². The second-order valence-corrected chi connectivity index (χ2v) is 9.64. The van der Waals surface area contributed by atoms with E-state index in [1.54, 1.807) is 31.4 Å². The molecule has 0 fully saturated rings. The van der Waals surface area contributed by atoms with Crippen molar-refractivity contribution in [3.8, 4) is 17.2 Å². The molecule has 186 valence electrons. The summed E-state index contributed by atoms with van der Waals surface area (Å²) in [6.45, 7) is 2.02. The van der Waals surface area contributed by atoms with E-state index < -0.39 is 0 Å². The van der Waals surface area contributed by atoms with Gasteiger partial charge in [-0.1, -0.05) is 53.2 Å². The maximum absolute atomic E-state index is 12.4. The van der Waals surface area contributed by atoms with Gasteiger partial charge in [0.15, 0.2) is 17.6 Å². The summed E-state index contributed by atoms with van der Waals surface area (Å²) in [6, 6.07) is 20.3. The molecule has 0 bridgehead atoms. The predicted octanol–water partition coefficient (Wildman–Crippen LogP) is 5.88. The van der Waals surface area contributed by atoms with Crippen LogP contribution in [0.5, 0.6) is 11.5 Å². The Balaban J connectivity index is 1.50. The molecule has 3 aromatic carbocycles. The van der Waals surface area contributed by atoms with Crippen molar-refractivity contribution >= 4 is 40.9 Å². The summed E-state index contributed by atoms with van der Waals surface area (Å²) in [5, 5.41) is 13.5. The topological polar surface area (TPSA) is 78.3 Å². The fraction of sp³-hybridized carbons (Fsp3) is 0.192. The molecule has 1 N–H and O–H groups in total. The van der Waals surface area contributed by atoms with Gasteiger partial charge in [0, 0.05) is 15.8 Å². The zero-order valence-electron chi connectivity index (χ0n) is 19.7. The molecule has 0 saturated heterocycles. The molecule has 0 spiro atoms. The van der Waals surface area contributed by atoms with Crippen molar-refractivity contribution in [2.45, 2.75) is 24.4 Å². The molecule has 4 aromatic rings. The zero-order valence-corrected chi connectivity index (χ0v) is 22.0. The number of nitrogens with zero attached hydrogens (tertiary/aromatic N) is 3. The quantitative estimate of drug-likeness (QED) is 0.252. The van der Waals surface area contributed by atoms with Gasteiger partial charge in [-0.25, -0.2) is 0 Å². The van der Waals surface area contributed by atoms with Crippen LogP contribution in [0.2, 0.25) is 10.0 Å². The van der Waals surface area contributed by atoms with Crippen LogP contribution in [0, 0.1) is 6.92 Å². The molecular formula is C26H24Cl2N4O3S.